The molecule has 0 aliphatic carbocycles. The molecular weight excluding hydrogens is 338 g/mol. The van der Waals surface area contributed by atoms with E-state index in [-0.39, 0.29) is 11.8 Å². The third-order valence-electron chi connectivity index (χ3n) is 4.41. The molecule has 0 fully saturated rings. The zero-order valence-electron chi connectivity index (χ0n) is 15.5. The minimum Gasteiger partial charge on any atom is -0.489 e. The van der Waals surface area contributed by atoms with Crippen LogP contribution in [0, 0.1) is 5.92 Å². The van der Waals surface area contributed by atoms with E-state index in [1.165, 1.54) is 0 Å². The van der Waals surface area contributed by atoms with Gasteiger partial charge in [-0.05, 0) is 29.7 Å². The average Bonchev–Trinajstić information content (AvgIpc) is 3.21. The van der Waals surface area contributed by atoms with Gasteiger partial charge in [0.25, 0.3) is 0 Å². The number of hydrogen-bond donors (Lipinski definition) is 2. The number of rotatable bonds is 9. The Kier molecular flexibility index (Phi) is 6.63. The molecule has 5 nitrogen and oxygen atoms in total. The first kappa shape index (κ1) is 18.7. The van der Waals surface area contributed by atoms with Crippen molar-refractivity contribution in [1.29, 1.82) is 0 Å². The fourth-order valence-corrected chi connectivity index (χ4v) is 2.82. The SMILES string of the molecule is C[C@@H](Cc1ccc(OCc2ccccc2)cc1)C(=O)NCCc1cnc[nH]1. The molecule has 2 aromatic carbocycles. The van der Waals surface area contributed by atoms with E-state index < -0.39 is 0 Å². The molecule has 0 aliphatic rings. The van der Waals surface area contributed by atoms with Gasteiger partial charge in [-0.3, -0.25) is 4.79 Å². The van der Waals surface area contributed by atoms with Crippen molar-refractivity contribution in [3.05, 3.63) is 83.9 Å². The lowest BCUT2D eigenvalue weighted by Crippen LogP contribution is -2.31. The Hall–Kier alpha value is -3.08. The van der Waals surface area contributed by atoms with Gasteiger partial charge in [0.2, 0.25) is 5.91 Å². The zero-order valence-corrected chi connectivity index (χ0v) is 15.5. The number of carbonyl (C=O) groups is 1. The number of imidazole rings is 1. The van der Waals surface area contributed by atoms with E-state index in [0.29, 0.717) is 19.6 Å². The monoisotopic (exact) mass is 363 g/mol. The normalized spacial score (nSPS) is 11.7. The van der Waals surface area contributed by atoms with E-state index in [2.05, 4.69) is 15.3 Å². The smallest absolute Gasteiger partial charge is 0.223 e. The Morgan fingerprint density at radius 2 is 1.89 bits per heavy atom. The van der Waals surface area contributed by atoms with E-state index >= 15 is 0 Å². The zero-order chi connectivity index (χ0) is 18.9. The number of amides is 1. The Morgan fingerprint density at radius 3 is 2.59 bits per heavy atom. The molecule has 1 amide bonds. The standard InChI is InChI=1S/C22H25N3O2/c1-17(22(26)24-12-11-20-14-23-16-25-20)13-18-7-9-21(10-8-18)27-15-19-5-3-2-4-6-19/h2-10,14,16-17H,11-13,15H2,1H3,(H,23,25)(H,24,26)/t17-/m0/s1. The lowest BCUT2D eigenvalue weighted by Gasteiger charge is -2.13. The van der Waals surface area contributed by atoms with Gasteiger partial charge in [-0.25, -0.2) is 4.98 Å². The molecule has 1 aromatic heterocycles. The molecule has 5 heteroatoms. The summed E-state index contributed by atoms with van der Waals surface area (Å²) in [4.78, 5) is 19.2. The van der Waals surface area contributed by atoms with Gasteiger partial charge < -0.3 is 15.0 Å². The number of aromatic nitrogens is 2. The van der Waals surface area contributed by atoms with Crippen molar-refractivity contribution in [2.24, 2.45) is 5.92 Å². The van der Waals surface area contributed by atoms with Gasteiger partial charge >= 0.3 is 0 Å². The third-order valence-corrected chi connectivity index (χ3v) is 4.41. The van der Waals surface area contributed by atoms with Gasteiger partial charge in [0, 0.05) is 30.8 Å². The molecule has 0 aliphatic heterocycles. The topological polar surface area (TPSA) is 67.0 Å². The van der Waals surface area contributed by atoms with Gasteiger partial charge in [0.15, 0.2) is 0 Å². The van der Waals surface area contributed by atoms with Gasteiger partial charge in [-0.1, -0.05) is 49.4 Å². The van der Waals surface area contributed by atoms with Crippen molar-refractivity contribution in [2.45, 2.75) is 26.4 Å². The van der Waals surface area contributed by atoms with E-state index in [1.54, 1.807) is 12.5 Å². The van der Waals surface area contributed by atoms with Gasteiger partial charge in [0.1, 0.15) is 12.4 Å². The minimum absolute atomic E-state index is 0.0684. The quantitative estimate of drug-likeness (QED) is 0.611. The van der Waals surface area contributed by atoms with Crippen LogP contribution < -0.4 is 10.1 Å². The largest absolute Gasteiger partial charge is 0.489 e. The Labute approximate surface area is 159 Å². The molecule has 3 aromatic rings. The fraction of sp³-hybridized carbons (Fsp3) is 0.273. The van der Waals surface area contributed by atoms with Crippen LogP contribution in [-0.2, 0) is 24.2 Å². The molecule has 1 atom stereocenters. The van der Waals surface area contributed by atoms with E-state index in [0.717, 1.165) is 29.0 Å². The first-order valence-corrected chi connectivity index (χ1v) is 9.21. The third kappa shape index (κ3) is 5.99. The predicted molar refractivity (Wildman–Crippen MR) is 105 cm³/mol. The van der Waals surface area contributed by atoms with Crippen molar-refractivity contribution in [3.63, 3.8) is 0 Å². The number of ether oxygens (including phenoxy) is 1. The molecule has 0 unspecified atom stereocenters. The van der Waals surface area contributed by atoms with Crippen molar-refractivity contribution >= 4 is 5.91 Å². The number of benzene rings is 2. The number of H-pyrrole nitrogens is 1. The maximum atomic E-state index is 12.2. The summed E-state index contributed by atoms with van der Waals surface area (Å²) in [6, 6.07) is 18.0. The van der Waals surface area contributed by atoms with Crippen LogP contribution in [0.15, 0.2) is 67.1 Å². The maximum Gasteiger partial charge on any atom is 0.223 e. The van der Waals surface area contributed by atoms with E-state index in [1.807, 2.05) is 61.5 Å². The summed E-state index contributed by atoms with van der Waals surface area (Å²) in [5.74, 6) is 0.820. The molecule has 3 rings (SSSR count). The van der Waals surface area contributed by atoms with Crippen molar-refractivity contribution < 1.29 is 9.53 Å². The van der Waals surface area contributed by atoms with Gasteiger partial charge in [0.05, 0.1) is 6.33 Å². The first-order chi connectivity index (χ1) is 13.2. The first-order valence-electron chi connectivity index (χ1n) is 9.21. The molecule has 140 valence electrons. The average molecular weight is 363 g/mol. The van der Waals surface area contributed by atoms with Gasteiger partial charge in [-0.15, -0.1) is 0 Å². The molecule has 0 spiro atoms. The predicted octanol–water partition coefficient (Wildman–Crippen LogP) is 3.53. The number of carbonyl (C=O) groups excluding carboxylic acids is 1. The molecule has 27 heavy (non-hydrogen) atoms. The Morgan fingerprint density at radius 1 is 1.11 bits per heavy atom. The number of nitrogens with one attached hydrogen (secondary N) is 2. The van der Waals surface area contributed by atoms with Crippen LogP contribution in [-0.4, -0.2) is 22.4 Å². The summed E-state index contributed by atoms with van der Waals surface area (Å²) in [7, 11) is 0. The number of hydrogen-bond acceptors (Lipinski definition) is 3. The molecule has 2 N–H and O–H groups in total. The van der Waals surface area contributed by atoms with Crippen LogP contribution in [0.25, 0.3) is 0 Å². The second-order valence-electron chi connectivity index (χ2n) is 6.64. The molecule has 0 saturated carbocycles. The van der Waals surface area contributed by atoms with Crippen LogP contribution in [0.5, 0.6) is 5.75 Å². The van der Waals surface area contributed by atoms with Crippen LogP contribution in [0.2, 0.25) is 0 Å². The van der Waals surface area contributed by atoms with Gasteiger partial charge in [-0.2, -0.15) is 0 Å². The summed E-state index contributed by atoms with van der Waals surface area (Å²) in [6.07, 6.45) is 4.88. The van der Waals surface area contributed by atoms with E-state index in [4.69, 9.17) is 4.74 Å². The van der Waals surface area contributed by atoms with Crippen molar-refractivity contribution in [1.82, 2.24) is 15.3 Å². The fourth-order valence-electron chi connectivity index (χ4n) is 2.82. The lowest BCUT2D eigenvalue weighted by atomic mass is 10.0. The molecule has 1 heterocycles. The highest BCUT2D eigenvalue weighted by Crippen LogP contribution is 2.16. The summed E-state index contributed by atoms with van der Waals surface area (Å²) in [5.41, 5.74) is 3.29. The van der Waals surface area contributed by atoms with Crippen LogP contribution in [0.1, 0.15) is 23.7 Å². The molecule has 0 bridgehead atoms. The molecule has 0 saturated heterocycles. The van der Waals surface area contributed by atoms with Crippen LogP contribution >= 0.6 is 0 Å². The summed E-state index contributed by atoms with van der Waals surface area (Å²) >= 11 is 0. The molecular formula is C22H25N3O2. The second kappa shape index (κ2) is 9.57. The highest BCUT2D eigenvalue weighted by Gasteiger charge is 2.13. The van der Waals surface area contributed by atoms with Crippen LogP contribution in [0.4, 0.5) is 0 Å². The highest BCUT2D eigenvalue weighted by molar-refractivity contribution is 5.78. The Balaban J connectivity index is 1.42. The highest BCUT2D eigenvalue weighted by atomic mass is 16.5. The second-order valence-corrected chi connectivity index (χ2v) is 6.64. The van der Waals surface area contributed by atoms with Crippen molar-refractivity contribution in [2.75, 3.05) is 6.54 Å². The number of nitrogens with zero attached hydrogens (tertiary/aromatic N) is 1. The van der Waals surface area contributed by atoms with E-state index in [9.17, 15) is 4.79 Å². The summed E-state index contributed by atoms with van der Waals surface area (Å²) in [5, 5.41) is 2.98. The minimum atomic E-state index is -0.0807. The number of aromatic amines is 1. The Bertz CT molecular complexity index is 815. The molecule has 0 radical (unpaired) electrons. The maximum absolute atomic E-state index is 12.2. The summed E-state index contributed by atoms with van der Waals surface area (Å²) < 4.78 is 5.80. The van der Waals surface area contributed by atoms with Crippen molar-refractivity contribution in [3.8, 4) is 5.75 Å². The summed E-state index contributed by atoms with van der Waals surface area (Å²) in [6.45, 7) is 3.11. The van der Waals surface area contributed by atoms with Crippen LogP contribution in [0.3, 0.4) is 0 Å². The lowest BCUT2D eigenvalue weighted by molar-refractivity contribution is -0.124.